The quantitative estimate of drug-likeness (QED) is 0.697. The van der Waals surface area contributed by atoms with Crippen LogP contribution in [0.15, 0.2) is 17.5 Å². The minimum absolute atomic E-state index is 0.0684. The first-order valence-corrected chi connectivity index (χ1v) is 6.07. The number of hydrogen-bond acceptors (Lipinski definition) is 3. The summed E-state index contributed by atoms with van der Waals surface area (Å²) >= 11 is 1.41. The summed E-state index contributed by atoms with van der Waals surface area (Å²) in [5.74, 6) is 0. The van der Waals surface area contributed by atoms with Gasteiger partial charge in [0, 0.05) is 0 Å². The van der Waals surface area contributed by atoms with E-state index in [1.165, 1.54) is 11.3 Å². The van der Waals surface area contributed by atoms with E-state index in [1.807, 2.05) is 25.3 Å². The van der Waals surface area contributed by atoms with Gasteiger partial charge >= 0.3 is 7.72 Å². The molecule has 0 radical (unpaired) electrons. The van der Waals surface area contributed by atoms with Crippen LogP contribution in [0.4, 0.5) is 0 Å². The Morgan fingerprint density at radius 2 is 2.09 bits per heavy atom. The third kappa shape index (κ3) is 1.79. The van der Waals surface area contributed by atoms with Crippen molar-refractivity contribution < 1.29 is 9.79 Å². The summed E-state index contributed by atoms with van der Waals surface area (Å²) in [5.41, 5.74) is -0.0684. The molecule has 0 unspecified atom stereocenters. The van der Waals surface area contributed by atoms with E-state index < -0.39 is 7.72 Å². The first-order valence-electron chi connectivity index (χ1n) is 3.43. The molecular formula is C7H12O2PS+. The van der Waals surface area contributed by atoms with Crippen molar-refractivity contribution in [2.24, 2.45) is 0 Å². The van der Waals surface area contributed by atoms with Crippen molar-refractivity contribution in [1.82, 2.24) is 0 Å². The molecule has 1 aromatic rings. The van der Waals surface area contributed by atoms with Crippen molar-refractivity contribution in [3.63, 3.8) is 0 Å². The average Bonchev–Trinajstić information content (AvgIpc) is 2.37. The molecule has 0 saturated heterocycles. The minimum Gasteiger partial charge on any atom is -0.214 e. The molecule has 0 bridgehead atoms. The highest BCUT2D eigenvalue weighted by atomic mass is 32.1. The van der Waals surface area contributed by atoms with Gasteiger partial charge < -0.3 is 0 Å². The highest BCUT2D eigenvalue weighted by Crippen LogP contribution is 2.54. The molecule has 0 aliphatic carbocycles. The maximum Gasteiger partial charge on any atom is 0.312 e. The van der Waals surface area contributed by atoms with Crippen molar-refractivity contribution in [2.75, 3.05) is 0 Å². The Labute approximate surface area is 71.0 Å². The summed E-state index contributed by atoms with van der Waals surface area (Å²) in [6, 6.07) is 3.61. The molecule has 11 heavy (non-hydrogen) atoms. The van der Waals surface area contributed by atoms with Gasteiger partial charge in [-0.2, -0.15) is 0 Å². The van der Waals surface area contributed by atoms with Gasteiger partial charge in [-0.05, 0) is 31.4 Å². The molecule has 2 N–H and O–H groups in total. The van der Waals surface area contributed by atoms with E-state index >= 15 is 0 Å². The third-order valence-electron chi connectivity index (χ3n) is 1.55. The molecule has 0 amide bonds. The third-order valence-corrected chi connectivity index (χ3v) is 5.58. The molecule has 0 atom stereocenters. The Balaban J connectivity index is 2.90. The van der Waals surface area contributed by atoms with Crippen LogP contribution in [0.1, 0.15) is 13.8 Å². The Kier molecular flexibility index (Phi) is 2.66. The van der Waals surface area contributed by atoms with Crippen LogP contribution >= 0.6 is 19.1 Å². The fourth-order valence-corrected chi connectivity index (χ4v) is 3.42. The lowest BCUT2D eigenvalue weighted by atomic mass is 10.6. The van der Waals surface area contributed by atoms with Gasteiger partial charge in [0.25, 0.3) is 0 Å². The summed E-state index contributed by atoms with van der Waals surface area (Å²) in [6.45, 7) is 3.65. The zero-order chi connectivity index (χ0) is 8.48. The van der Waals surface area contributed by atoms with Crippen molar-refractivity contribution in [3.8, 4) is 0 Å². The molecule has 62 valence electrons. The molecule has 0 fully saturated rings. The van der Waals surface area contributed by atoms with E-state index in [0.29, 0.717) is 4.62 Å². The minimum atomic E-state index is -2.80. The van der Waals surface area contributed by atoms with E-state index in [9.17, 15) is 9.79 Å². The van der Waals surface area contributed by atoms with Crippen LogP contribution in [0, 0.1) is 0 Å². The van der Waals surface area contributed by atoms with Crippen molar-refractivity contribution in [2.45, 2.75) is 19.5 Å². The normalized spacial score (nSPS) is 12.5. The van der Waals surface area contributed by atoms with E-state index in [-0.39, 0.29) is 5.66 Å². The van der Waals surface area contributed by atoms with Crippen molar-refractivity contribution >= 4 is 23.7 Å². The number of thiophene rings is 1. The smallest absolute Gasteiger partial charge is 0.214 e. The fourth-order valence-electron chi connectivity index (χ4n) is 0.712. The van der Waals surface area contributed by atoms with Crippen LogP contribution < -0.4 is 4.62 Å². The predicted molar refractivity (Wildman–Crippen MR) is 50.4 cm³/mol. The van der Waals surface area contributed by atoms with E-state index in [1.54, 1.807) is 6.07 Å². The molecule has 0 saturated carbocycles. The van der Waals surface area contributed by atoms with Gasteiger partial charge in [-0.25, -0.2) is 9.79 Å². The van der Waals surface area contributed by atoms with Crippen LogP contribution in [-0.4, -0.2) is 15.4 Å². The second-order valence-electron chi connectivity index (χ2n) is 2.69. The number of rotatable bonds is 2. The molecule has 1 heterocycles. The molecular weight excluding hydrogens is 179 g/mol. The SMILES string of the molecule is CC(C)[P+](O)(O)c1cccs1. The maximum absolute atomic E-state index is 9.63. The zero-order valence-electron chi connectivity index (χ0n) is 6.56. The summed E-state index contributed by atoms with van der Waals surface area (Å²) in [5, 5.41) is 1.86. The van der Waals surface area contributed by atoms with Gasteiger partial charge in [0.05, 0.1) is 0 Å². The monoisotopic (exact) mass is 191 g/mol. The lowest BCUT2D eigenvalue weighted by molar-refractivity contribution is 0.454. The van der Waals surface area contributed by atoms with Crippen LogP contribution in [0.5, 0.6) is 0 Å². The molecule has 0 spiro atoms. The topological polar surface area (TPSA) is 40.5 Å². The summed E-state index contributed by atoms with van der Waals surface area (Å²) < 4.78 is 0.715. The fraction of sp³-hybridized carbons (Fsp3) is 0.429. The predicted octanol–water partition coefficient (Wildman–Crippen LogP) is 1.61. The van der Waals surface area contributed by atoms with Gasteiger partial charge in [-0.15, -0.1) is 11.3 Å². The van der Waals surface area contributed by atoms with Gasteiger partial charge in [0.2, 0.25) is 4.62 Å². The van der Waals surface area contributed by atoms with Crippen LogP contribution in [0.2, 0.25) is 0 Å². The second kappa shape index (κ2) is 3.20. The Bertz CT molecular complexity index is 218. The maximum atomic E-state index is 9.63. The van der Waals surface area contributed by atoms with Gasteiger partial charge in [0.15, 0.2) is 0 Å². The van der Waals surface area contributed by atoms with Crippen molar-refractivity contribution in [3.05, 3.63) is 17.5 Å². The van der Waals surface area contributed by atoms with E-state index in [4.69, 9.17) is 0 Å². The molecule has 1 rings (SSSR count). The first-order chi connectivity index (χ1) is 5.05. The summed E-state index contributed by atoms with van der Waals surface area (Å²) in [4.78, 5) is 19.3. The lowest BCUT2D eigenvalue weighted by Crippen LogP contribution is -2.14. The Hall–Kier alpha value is 0.0500. The van der Waals surface area contributed by atoms with Gasteiger partial charge in [-0.1, -0.05) is 0 Å². The van der Waals surface area contributed by atoms with Crippen LogP contribution in [-0.2, 0) is 0 Å². The van der Waals surface area contributed by atoms with Crippen LogP contribution in [0.3, 0.4) is 0 Å². The first kappa shape index (κ1) is 9.14. The molecule has 0 aliphatic heterocycles. The highest BCUT2D eigenvalue weighted by molar-refractivity contribution is 7.78. The van der Waals surface area contributed by atoms with Gasteiger partial charge in [-0.3, -0.25) is 0 Å². The molecule has 0 aliphatic rings. The van der Waals surface area contributed by atoms with E-state index in [2.05, 4.69) is 0 Å². The van der Waals surface area contributed by atoms with Crippen LogP contribution in [0.25, 0.3) is 0 Å². The lowest BCUT2D eigenvalue weighted by Gasteiger charge is -2.12. The van der Waals surface area contributed by atoms with Gasteiger partial charge in [0.1, 0.15) is 5.66 Å². The molecule has 4 heteroatoms. The summed E-state index contributed by atoms with van der Waals surface area (Å²) in [6.07, 6.45) is 0. The average molecular weight is 191 g/mol. The Morgan fingerprint density at radius 3 is 2.45 bits per heavy atom. The standard InChI is InChI=1S/C7H12O2PS/c1-6(2)10(8,9)7-4-3-5-11-7/h3-6,8-9H,1-2H3/q+1. The van der Waals surface area contributed by atoms with E-state index in [0.717, 1.165) is 0 Å². The number of hydrogen-bond donors (Lipinski definition) is 2. The summed E-state index contributed by atoms with van der Waals surface area (Å²) in [7, 11) is -2.80. The zero-order valence-corrected chi connectivity index (χ0v) is 8.27. The highest BCUT2D eigenvalue weighted by Gasteiger charge is 2.41. The second-order valence-corrected chi connectivity index (χ2v) is 6.76. The van der Waals surface area contributed by atoms with Crippen molar-refractivity contribution in [1.29, 1.82) is 0 Å². The Morgan fingerprint density at radius 1 is 1.45 bits per heavy atom. The molecule has 0 aromatic carbocycles. The molecule has 1 aromatic heterocycles. The largest absolute Gasteiger partial charge is 0.312 e. The molecule has 2 nitrogen and oxygen atoms in total.